The van der Waals surface area contributed by atoms with Crippen molar-refractivity contribution >= 4 is 17.2 Å². The Hall–Kier alpha value is -1.86. The maximum absolute atomic E-state index is 8.69. The monoisotopic (exact) mass is 229 g/mol. The first-order chi connectivity index (χ1) is 7.78. The number of rotatable bonds is 3. The molecule has 80 valence electrons. The molecule has 0 saturated heterocycles. The van der Waals surface area contributed by atoms with Crippen molar-refractivity contribution in [2.75, 3.05) is 5.32 Å². The minimum absolute atomic E-state index is 0.711. The molecule has 0 spiro atoms. The van der Waals surface area contributed by atoms with Gasteiger partial charge in [-0.1, -0.05) is 6.07 Å². The molecule has 0 unspecified atom stereocenters. The van der Waals surface area contributed by atoms with Crippen LogP contribution in [-0.4, -0.2) is 4.98 Å². The second-order valence-corrected chi connectivity index (χ2v) is 4.48. The van der Waals surface area contributed by atoms with Crippen LogP contribution < -0.4 is 5.32 Å². The number of thiophene rings is 1. The summed E-state index contributed by atoms with van der Waals surface area (Å²) in [5, 5.41) is 13.8. The Balaban J connectivity index is 1.97. The molecule has 2 heterocycles. The van der Waals surface area contributed by atoms with Gasteiger partial charge < -0.3 is 5.32 Å². The Kier molecular flexibility index (Phi) is 3.18. The highest BCUT2D eigenvalue weighted by Gasteiger charge is 1.99. The van der Waals surface area contributed by atoms with Crippen molar-refractivity contribution in [3.8, 4) is 6.07 Å². The van der Waals surface area contributed by atoms with Gasteiger partial charge in [0.15, 0.2) is 0 Å². The van der Waals surface area contributed by atoms with Gasteiger partial charge in [-0.3, -0.25) is 0 Å². The first-order valence-electron chi connectivity index (χ1n) is 4.92. The first-order valence-corrected chi connectivity index (χ1v) is 5.80. The Morgan fingerprint density at radius 2 is 2.38 bits per heavy atom. The predicted molar refractivity (Wildman–Crippen MR) is 65.3 cm³/mol. The highest BCUT2D eigenvalue weighted by atomic mass is 32.1. The molecule has 0 bridgehead atoms. The van der Waals surface area contributed by atoms with E-state index in [0.29, 0.717) is 6.54 Å². The van der Waals surface area contributed by atoms with Crippen molar-refractivity contribution in [3.63, 3.8) is 0 Å². The van der Waals surface area contributed by atoms with Crippen molar-refractivity contribution in [1.82, 2.24) is 4.98 Å². The Labute approximate surface area is 98.4 Å². The summed E-state index contributed by atoms with van der Waals surface area (Å²) in [5.41, 5.74) is 1.87. The number of nitrogens with zero attached hydrogens (tertiary/aromatic N) is 2. The summed E-state index contributed by atoms with van der Waals surface area (Å²) in [7, 11) is 0. The van der Waals surface area contributed by atoms with Crippen LogP contribution in [0.1, 0.15) is 16.0 Å². The van der Waals surface area contributed by atoms with E-state index in [0.717, 1.165) is 21.8 Å². The molecule has 4 heteroatoms. The molecule has 0 saturated carbocycles. The lowest BCUT2D eigenvalue weighted by Gasteiger charge is -2.03. The number of aromatic nitrogens is 1. The number of aryl methyl sites for hydroxylation is 1. The van der Waals surface area contributed by atoms with Crippen molar-refractivity contribution in [3.05, 3.63) is 45.8 Å². The second-order valence-electron chi connectivity index (χ2n) is 3.49. The molecule has 0 aliphatic rings. The van der Waals surface area contributed by atoms with E-state index in [4.69, 9.17) is 5.26 Å². The summed E-state index contributed by atoms with van der Waals surface area (Å²) < 4.78 is 0. The SMILES string of the molecule is Cc1ccc(NCc2cc(C#N)cs2)nc1. The zero-order valence-corrected chi connectivity index (χ0v) is 9.71. The van der Waals surface area contributed by atoms with E-state index in [2.05, 4.69) is 16.4 Å². The Morgan fingerprint density at radius 3 is 3.00 bits per heavy atom. The number of pyridine rings is 1. The molecule has 0 aliphatic carbocycles. The van der Waals surface area contributed by atoms with Crippen molar-refractivity contribution in [1.29, 1.82) is 5.26 Å². The Morgan fingerprint density at radius 1 is 1.50 bits per heavy atom. The third-order valence-electron chi connectivity index (χ3n) is 2.14. The highest BCUT2D eigenvalue weighted by molar-refractivity contribution is 7.10. The van der Waals surface area contributed by atoms with Gasteiger partial charge in [-0.05, 0) is 24.6 Å². The first kappa shape index (κ1) is 10.7. The molecule has 3 nitrogen and oxygen atoms in total. The summed E-state index contributed by atoms with van der Waals surface area (Å²) in [4.78, 5) is 5.39. The van der Waals surface area contributed by atoms with Crippen molar-refractivity contribution in [2.45, 2.75) is 13.5 Å². The van der Waals surface area contributed by atoms with E-state index in [1.54, 1.807) is 11.3 Å². The van der Waals surface area contributed by atoms with Crippen LogP contribution in [0, 0.1) is 18.3 Å². The van der Waals surface area contributed by atoms with Crippen LogP contribution in [0.5, 0.6) is 0 Å². The fraction of sp³-hybridized carbons (Fsp3) is 0.167. The average molecular weight is 229 g/mol. The quantitative estimate of drug-likeness (QED) is 0.880. The maximum Gasteiger partial charge on any atom is 0.126 e. The van der Waals surface area contributed by atoms with Gasteiger partial charge in [0.05, 0.1) is 12.1 Å². The Bertz CT molecular complexity index is 508. The molecule has 2 rings (SSSR count). The number of hydrogen-bond donors (Lipinski definition) is 1. The van der Waals surface area contributed by atoms with Gasteiger partial charge >= 0.3 is 0 Å². The molecule has 2 aromatic rings. The van der Waals surface area contributed by atoms with Gasteiger partial charge in [0.1, 0.15) is 11.9 Å². The number of anilines is 1. The molecule has 0 radical (unpaired) electrons. The van der Waals surface area contributed by atoms with Crippen LogP contribution in [0.25, 0.3) is 0 Å². The van der Waals surface area contributed by atoms with Crippen LogP contribution in [0.3, 0.4) is 0 Å². The molecule has 0 amide bonds. The molecular weight excluding hydrogens is 218 g/mol. The third-order valence-corrected chi connectivity index (χ3v) is 3.07. The van der Waals surface area contributed by atoms with Gasteiger partial charge in [-0.2, -0.15) is 5.26 Å². The van der Waals surface area contributed by atoms with Crippen LogP contribution in [0.15, 0.2) is 29.8 Å². The molecule has 0 fully saturated rings. The normalized spacial score (nSPS) is 9.75. The zero-order valence-electron chi connectivity index (χ0n) is 8.90. The van der Waals surface area contributed by atoms with E-state index in [1.165, 1.54) is 0 Å². The van der Waals surface area contributed by atoms with Gasteiger partial charge in [0, 0.05) is 16.5 Å². The summed E-state index contributed by atoms with van der Waals surface area (Å²) in [6, 6.07) is 7.99. The van der Waals surface area contributed by atoms with E-state index >= 15 is 0 Å². The van der Waals surface area contributed by atoms with E-state index in [1.807, 2.05) is 36.7 Å². The van der Waals surface area contributed by atoms with Crippen LogP contribution in [0.4, 0.5) is 5.82 Å². The second kappa shape index (κ2) is 4.77. The maximum atomic E-state index is 8.69. The average Bonchev–Trinajstić information content (AvgIpc) is 2.76. The molecule has 0 atom stereocenters. The lowest BCUT2D eigenvalue weighted by Crippen LogP contribution is -1.99. The van der Waals surface area contributed by atoms with Gasteiger partial charge in [-0.25, -0.2) is 4.98 Å². The fourth-order valence-electron chi connectivity index (χ4n) is 1.28. The summed E-state index contributed by atoms with van der Waals surface area (Å²) in [6.07, 6.45) is 1.83. The van der Waals surface area contributed by atoms with E-state index < -0.39 is 0 Å². The zero-order chi connectivity index (χ0) is 11.4. The van der Waals surface area contributed by atoms with E-state index in [9.17, 15) is 0 Å². The van der Waals surface area contributed by atoms with Crippen LogP contribution >= 0.6 is 11.3 Å². The molecular formula is C12H11N3S. The van der Waals surface area contributed by atoms with Crippen molar-refractivity contribution in [2.24, 2.45) is 0 Å². The topological polar surface area (TPSA) is 48.7 Å². The minimum atomic E-state index is 0.711. The molecule has 1 N–H and O–H groups in total. The third kappa shape index (κ3) is 2.59. The lowest BCUT2D eigenvalue weighted by atomic mass is 10.3. The predicted octanol–water partition coefficient (Wildman–Crippen LogP) is 2.94. The number of nitrogens with one attached hydrogen (secondary N) is 1. The van der Waals surface area contributed by atoms with Gasteiger partial charge in [0.25, 0.3) is 0 Å². The smallest absolute Gasteiger partial charge is 0.126 e. The largest absolute Gasteiger partial charge is 0.365 e. The lowest BCUT2D eigenvalue weighted by molar-refractivity contribution is 1.13. The molecule has 2 aromatic heterocycles. The summed E-state index contributed by atoms with van der Waals surface area (Å²) >= 11 is 1.58. The number of nitriles is 1. The number of hydrogen-bond acceptors (Lipinski definition) is 4. The fourth-order valence-corrected chi connectivity index (χ4v) is 2.03. The summed E-state index contributed by atoms with van der Waals surface area (Å²) in [5.74, 6) is 0.859. The molecule has 0 aromatic carbocycles. The summed E-state index contributed by atoms with van der Waals surface area (Å²) in [6.45, 7) is 2.72. The van der Waals surface area contributed by atoms with Gasteiger partial charge in [0.2, 0.25) is 0 Å². The van der Waals surface area contributed by atoms with Crippen molar-refractivity contribution < 1.29 is 0 Å². The van der Waals surface area contributed by atoms with E-state index in [-0.39, 0.29) is 0 Å². The standard InChI is InChI=1S/C12H11N3S/c1-9-2-3-12(14-6-9)15-7-11-4-10(5-13)8-16-11/h2-4,6,8H,7H2,1H3,(H,14,15). The highest BCUT2D eigenvalue weighted by Crippen LogP contribution is 2.15. The minimum Gasteiger partial charge on any atom is -0.365 e. The molecule has 0 aliphatic heterocycles. The van der Waals surface area contributed by atoms with Crippen LogP contribution in [-0.2, 0) is 6.54 Å². The van der Waals surface area contributed by atoms with Crippen LogP contribution in [0.2, 0.25) is 0 Å². The van der Waals surface area contributed by atoms with Gasteiger partial charge in [-0.15, -0.1) is 11.3 Å². The molecule has 16 heavy (non-hydrogen) atoms.